The molecule has 6 heteroatoms. The van der Waals surface area contributed by atoms with Gasteiger partial charge in [0.1, 0.15) is 11.4 Å². The van der Waals surface area contributed by atoms with E-state index in [1.54, 1.807) is 19.1 Å². The molecule has 2 N–H and O–H groups in total. The number of hydrogen-bond donors (Lipinski definition) is 2. The van der Waals surface area contributed by atoms with Gasteiger partial charge in [-0.05, 0) is 48.9 Å². The summed E-state index contributed by atoms with van der Waals surface area (Å²) in [6, 6.07) is 15.0. The van der Waals surface area contributed by atoms with Crippen LogP contribution in [0.25, 0.3) is 11.1 Å². The van der Waals surface area contributed by atoms with Crippen molar-refractivity contribution in [2.45, 2.75) is 38.2 Å². The van der Waals surface area contributed by atoms with Gasteiger partial charge in [0.25, 0.3) is 0 Å². The topological polar surface area (TPSA) is 92.3 Å². The number of aromatic nitrogens is 2. The summed E-state index contributed by atoms with van der Waals surface area (Å²) in [5.41, 5.74) is 3.18. The van der Waals surface area contributed by atoms with E-state index in [9.17, 15) is 14.7 Å². The highest BCUT2D eigenvalue weighted by Crippen LogP contribution is 2.24. The van der Waals surface area contributed by atoms with Crippen molar-refractivity contribution in [2.75, 3.05) is 7.11 Å². The minimum atomic E-state index is -0.928. The van der Waals surface area contributed by atoms with Crippen molar-refractivity contribution < 1.29 is 19.4 Å². The number of methoxy groups -OCH3 is 1. The Balaban J connectivity index is 1.59. The number of ether oxygens (including phenoxy) is 1. The Labute approximate surface area is 175 Å². The molecule has 0 radical (unpaired) electrons. The van der Waals surface area contributed by atoms with E-state index in [1.165, 1.54) is 7.11 Å². The van der Waals surface area contributed by atoms with Crippen LogP contribution in [0, 0.1) is 0 Å². The summed E-state index contributed by atoms with van der Waals surface area (Å²) in [4.78, 5) is 30.4. The second-order valence-corrected chi connectivity index (χ2v) is 7.52. The summed E-state index contributed by atoms with van der Waals surface area (Å²) in [5, 5.41) is 9.37. The fourth-order valence-corrected chi connectivity index (χ4v) is 3.28. The molecule has 0 fully saturated rings. The molecule has 6 nitrogen and oxygen atoms in total. The number of benzene rings is 2. The molecule has 0 amide bonds. The number of aryl methyl sites for hydroxylation is 3. The molecule has 0 bridgehead atoms. The quantitative estimate of drug-likeness (QED) is 0.495. The molecule has 2 aromatic carbocycles. The average molecular weight is 406 g/mol. The lowest BCUT2D eigenvalue weighted by molar-refractivity contribution is -0.126. The van der Waals surface area contributed by atoms with Crippen LogP contribution < -0.4 is 0 Å². The molecule has 1 unspecified atom stereocenters. The number of aromatic amines is 1. The van der Waals surface area contributed by atoms with Crippen molar-refractivity contribution in [1.82, 2.24) is 9.97 Å². The van der Waals surface area contributed by atoms with Crippen LogP contribution in [0.2, 0.25) is 0 Å². The fourth-order valence-electron chi connectivity index (χ4n) is 3.28. The van der Waals surface area contributed by atoms with Crippen LogP contribution in [-0.4, -0.2) is 40.0 Å². The van der Waals surface area contributed by atoms with Gasteiger partial charge >= 0.3 is 5.97 Å². The zero-order valence-corrected chi connectivity index (χ0v) is 17.2. The van der Waals surface area contributed by atoms with Gasteiger partial charge in [-0.25, -0.2) is 9.78 Å². The molecule has 0 saturated carbocycles. The summed E-state index contributed by atoms with van der Waals surface area (Å²) in [6.45, 7) is 1.77. The molecule has 0 aliphatic heterocycles. The largest absolute Gasteiger partial charge is 0.478 e. The van der Waals surface area contributed by atoms with E-state index in [-0.39, 0.29) is 0 Å². The van der Waals surface area contributed by atoms with Crippen molar-refractivity contribution in [3.05, 3.63) is 77.4 Å². The molecule has 3 aromatic rings. The molecule has 0 spiro atoms. The first-order chi connectivity index (χ1) is 14.4. The summed E-state index contributed by atoms with van der Waals surface area (Å²) in [7, 11) is 1.54. The van der Waals surface area contributed by atoms with Crippen molar-refractivity contribution >= 4 is 12.3 Å². The molecule has 1 aromatic heterocycles. The van der Waals surface area contributed by atoms with E-state index >= 15 is 0 Å². The van der Waals surface area contributed by atoms with E-state index in [1.807, 2.05) is 42.6 Å². The highest BCUT2D eigenvalue weighted by Gasteiger charge is 2.22. The van der Waals surface area contributed by atoms with Gasteiger partial charge in [-0.2, -0.15) is 0 Å². The molecule has 30 heavy (non-hydrogen) atoms. The van der Waals surface area contributed by atoms with E-state index < -0.39 is 11.6 Å². The monoisotopic (exact) mass is 406 g/mol. The first-order valence-electron chi connectivity index (χ1n) is 9.90. The van der Waals surface area contributed by atoms with Gasteiger partial charge in [-0.15, -0.1) is 0 Å². The highest BCUT2D eigenvalue weighted by atomic mass is 16.5. The number of H-pyrrole nitrogens is 1. The lowest BCUT2D eigenvalue weighted by atomic mass is 9.98. The Hall–Kier alpha value is -3.25. The third-order valence-corrected chi connectivity index (χ3v) is 5.35. The second kappa shape index (κ2) is 9.50. The number of imidazole rings is 1. The Morgan fingerprint density at radius 3 is 2.53 bits per heavy atom. The van der Waals surface area contributed by atoms with Crippen LogP contribution >= 0.6 is 0 Å². The first kappa shape index (κ1) is 21.5. The van der Waals surface area contributed by atoms with E-state index in [2.05, 4.69) is 9.97 Å². The third-order valence-electron chi connectivity index (χ3n) is 5.35. The number of nitrogens with one attached hydrogen (secondary N) is 1. The number of carbonyl (C=O) groups excluding carboxylic acids is 1. The molecule has 1 heterocycles. The van der Waals surface area contributed by atoms with Crippen LogP contribution in [-0.2, 0) is 28.8 Å². The molecule has 0 saturated heterocycles. The van der Waals surface area contributed by atoms with Gasteiger partial charge in [-0.3, -0.25) is 0 Å². The minimum absolute atomic E-state index is 0.299. The van der Waals surface area contributed by atoms with Crippen molar-refractivity contribution in [2.24, 2.45) is 0 Å². The smallest absolute Gasteiger partial charge is 0.336 e. The van der Waals surface area contributed by atoms with E-state index in [4.69, 9.17) is 4.74 Å². The van der Waals surface area contributed by atoms with Gasteiger partial charge in [-0.1, -0.05) is 42.5 Å². The predicted octanol–water partition coefficient (Wildman–Crippen LogP) is 4.10. The molecule has 0 aliphatic carbocycles. The second-order valence-electron chi connectivity index (χ2n) is 7.52. The SMILES string of the molecule is COC(C)(C=O)CCc1c[nH]c(CCc2ccc(-c3ccccc3C(=O)O)cc2)n1. The Bertz CT molecular complexity index is 1010. The zero-order valence-electron chi connectivity index (χ0n) is 17.2. The summed E-state index contributed by atoms with van der Waals surface area (Å²) >= 11 is 0. The first-order valence-corrected chi connectivity index (χ1v) is 9.90. The number of aromatic carboxylic acids is 1. The molecule has 1 atom stereocenters. The molecule has 3 rings (SSSR count). The van der Waals surface area contributed by atoms with E-state index in [0.717, 1.165) is 41.8 Å². The number of rotatable bonds is 10. The number of nitrogens with zero attached hydrogens (tertiary/aromatic N) is 1. The van der Waals surface area contributed by atoms with Crippen LogP contribution in [0.3, 0.4) is 0 Å². The van der Waals surface area contributed by atoms with Gasteiger partial charge in [0.05, 0.1) is 11.3 Å². The maximum atomic E-state index is 11.4. The Morgan fingerprint density at radius 2 is 1.87 bits per heavy atom. The third kappa shape index (κ3) is 5.21. The van der Waals surface area contributed by atoms with E-state index in [0.29, 0.717) is 24.0 Å². The maximum Gasteiger partial charge on any atom is 0.336 e. The van der Waals surface area contributed by atoms with Crippen molar-refractivity contribution in [3.63, 3.8) is 0 Å². The normalized spacial score (nSPS) is 13.0. The van der Waals surface area contributed by atoms with Gasteiger partial charge < -0.3 is 19.6 Å². The number of hydrogen-bond acceptors (Lipinski definition) is 4. The van der Waals surface area contributed by atoms with Crippen LogP contribution in [0.15, 0.2) is 54.7 Å². The molecular formula is C24H26N2O4. The standard InChI is InChI=1S/C24H26N2O4/c1-24(16-27,30-2)14-13-19-15-25-22(26-19)12-9-17-7-10-18(11-8-17)20-5-3-4-6-21(20)23(28)29/h3-8,10-11,15-16H,9,12-14H2,1-2H3,(H,25,26)(H,28,29). The zero-order chi connectivity index (χ0) is 21.6. The number of carbonyl (C=O) groups is 2. The Morgan fingerprint density at radius 1 is 1.13 bits per heavy atom. The molecule has 156 valence electrons. The summed E-state index contributed by atoms with van der Waals surface area (Å²) < 4.78 is 5.24. The van der Waals surface area contributed by atoms with Crippen LogP contribution in [0.4, 0.5) is 0 Å². The number of carboxylic acid groups (broad SMARTS) is 1. The number of carboxylic acids is 1. The summed E-state index contributed by atoms with van der Waals surface area (Å²) in [6.07, 6.45) is 5.54. The van der Waals surface area contributed by atoms with Gasteiger partial charge in [0, 0.05) is 19.7 Å². The number of aldehydes is 1. The fraction of sp³-hybridized carbons (Fsp3) is 0.292. The molecular weight excluding hydrogens is 380 g/mol. The lowest BCUT2D eigenvalue weighted by Gasteiger charge is -2.20. The lowest BCUT2D eigenvalue weighted by Crippen LogP contribution is -2.29. The van der Waals surface area contributed by atoms with Crippen molar-refractivity contribution in [1.29, 1.82) is 0 Å². The Kier molecular flexibility index (Phi) is 6.79. The predicted molar refractivity (Wildman–Crippen MR) is 115 cm³/mol. The van der Waals surface area contributed by atoms with Gasteiger partial charge in [0.15, 0.2) is 6.29 Å². The van der Waals surface area contributed by atoms with Crippen LogP contribution in [0.1, 0.15) is 40.8 Å². The molecule has 0 aliphatic rings. The highest BCUT2D eigenvalue weighted by molar-refractivity contribution is 5.95. The summed E-state index contributed by atoms with van der Waals surface area (Å²) in [5.74, 6) is -0.0298. The minimum Gasteiger partial charge on any atom is -0.478 e. The van der Waals surface area contributed by atoms with Gasteiger partial charge in [0.2, 0.25) is 0 Å². The maximum absolute atomic E-state index is 11.4. The van der Waals surface area contributed by atoms with Crippen molar-refractivity contribution in [3.8, 4) is 11.1 Å². The average Bonchev–Trinajstić information content (AvgIpc) is 3.24. The van der Waals surface area contributed by atoms with Crippen LogP contribution in [0.5, 0.6) is 0 Å².